The third-order valence-electron chi connectivity index (χ3n) is 2.90. The van der Waals surface area contributed by atoms with Gasteiger partial charge in [-0.2, -0.15) is 0 Å². The number of rotatable bonds is 5. The van der Waals surface area contributed by atoms with Crippen molar-refractivity contribution in [2.75, 3.05) is 18.9 Å². The lowest BCUT2D eigenvalue weighted by Crippen LogP contribution is -2.28. The monoisotopic (exact) mass is 288 g/mol. The van der Waals surface area contributed by atoms with Crippen molar-refractivity contribution in [1.82, 2.24) is 5.32 Å². The molecule has 3 N–H and O–H groups in total. The number of aryl methyl sites for hydroxylation is 1. The highest BCUT2D eigenvalue weighted by atomic mass is 19.1. The smallest absolute Gasteiger partial charge is 0.251 e. The van der Waals surface area contributed by atoms with Crippen molar-refractivity contribution in [3.8, 4) is 5.75 Å². The molecule has 2 aromatic rings. The van der Waals surface area contributed by atoms with Gasteiger partial charge in [-0.15, -0.1) is 0 Å². The van der Waals surface area contributed by atoms with Gasteiger partial charge in [0.25, 0.3) is 5.91 Å². The van der Waals surface area contributed by atoms with E-state index in [9.17, 15) is 9.18 Å². The summed E-state index contributed by atoms with van der Waals surface area (Å²) >= 11 is 0. The molecule has 0 aliphatic rings. The summed E-state index contributed by atoms with van der Waals surface area (Å²) in [6.45, 7) is 2.68. The lowest BCUT2D eigenvalue weighted by atomic mass is 10.2. The molecule has 0 aliphatic carbocycles. The Morgan fingerprint density at radius 1 is 1.29 bits per heavy atom. The number of anilines is 1. The van der Waals surface area contributed by atoms with Gasteiger partial charge in [-0.05, 0) is 42.8 Å². The maximum atomic E-state index is 13.0. The molecule has 0 saturated carbocycles. The Morgan fingerprint density at radius 2 is 2.10 bits per heavy atom. The number of nitrogens with one attached hydrogen (secondary N) is 1. The molecule has 5 heteroatoms. The Bertz CT molecular complexity index is 644. The number of ether oxygens (including phenoxy) is 1. The maximum absolute atomic E-state index is 13.0. The van der Waals surface area contributed by atoms with E-state index in [0.717, 1.165) is 11.3 Å². The minimum absolute atomic E-state index is 0.0429. The van der Waals surface area contributed by atoms with E-state index in [-0.39, 0.29) is 11.6 Å². The van der Waals surface area contributed by atoms with Crippen LogP contribution in [0.25, 0.3) is 0 Å². The van der Waals surface area contributed by atoms with E-state index in [4.69, 9.17) is 10.5 Å². The Hall–Kier alpha value is -2.56. The van der Waals surface area contributed by atoms with Crippen molar-refractivity contribution in [2.24, 2.45) is 0 Å². The fraction of sp³-hybridized carbons (Fsp3) is 0.188. The van der Waals surface area contributed by atoms with Gasteiger partial charge < -0.3 is 15.8 Å². The zero-order chi connectivity index (χ0) is 15.2. The van der Waals surface area contributed by atoms with Crippen LogP contribution in [0.4, 0.5) is 10.1 Å². The van der Waals surface area contributed by atoms with Crippen LogP contribution >= 0.6 is 0 Å². The number of nitrogen functional groups attached to an aromatic ring is 1. The van der Waals surface area contributed by atoms with Gasteiger partial charge in [0.15, 0.2) is 0 Å². The fourth-order valence-corrected chi connectivity index (χ4v) is 1.83. The number of carbonyl (C=O) groups is 1. The molecule has 0 atom stereocenters. The third kappa shape index (κ3) is 4.21. The number of benzene rings is 2. The average Bonchev–Trinajstić information content (AvgIpc) is 2.46. The first-order valence-electron chi connectivity index (χ1n) is 6.59. The van der Waals surface area contributed by atoms with Crippen LogP contribution in [0.15, 0.2) is 42.5 Å². The number of carbonyl (C=O) groups excluding carboxylic acids is 1. The Morgan fingerprint density at radius 3 is 2.81 bits per heavy atom. The van der Waals surface area contributed by atoms with E-state index in [0.29, 0.717) is 18.7 Å². The molecule has 0 saturated heterocycles. The highest BCUT2D eigenvalue weighted by molar-refractivity contribution is 5.95. The normalized spacial score (nSPS) is 10.2. The SMILES string of the molecule is Cc1cccc(OCCNC(=O)c2ccc(F)c(N)c2)c1. The summed E-state index contributed by atoms with van der Waals surface area (Å²) in [5.74, 6) is -0.0841. The highest BCUT2D eigenvalue weighted by Crippen LogP contribution is 2.13. The van der Waals surface area contributed by atoms with Crippen LogP contribution in [0.1, 0.15) is 15.9 Å². The summed E-state index contributed by atoms with van der Waals surface area (Å²) in [5.41, 5.74) is 6.81. The van der Waals surface area contributed by atoms with E-state index >= 15 is 0 Å². The predicted molar refractivity (Wildman–Crippen MR) is 79.8 cm³/mol. The van der Waals surface area contributed by atoms with Crippen LogP contribution in [-0.4, -0.2) is 19.1 Å². The van der Waals surface area contributed by atoms with Gasteiger partial charge in [0.05, 0.1) is 12.2 Å². The molecule has 0 bridgehead atoms. The largest absolute Gasteiger partial charge is 0.492 e. The molecule has 0 aliphatic heterocycles. The van der Waals surface area contributed by atoms with Crippen LogP contribution in [0, 0.1) is 12.7 Å². The van der Waals surface area contributed by atoms with Gasteiger partial charge in [-0.1, -0.05) is 12.1 Å². The van der Waals surface area contributed by atoms with E-state index in [1.165, 1.54) is 18.2 Å². The number of hydrogen-bond donors (Lipinski definition) is 2. The van der Waals surface area contributed by atoms with Crippen molar-refractivity contribution in [1.29, 1.82) is 0 Å². The second-order valence-electron chi connectivity index (χ2n) is 4.66. The highest BCUT2D eigenvalue weighted by Gasteiger charge is 2.07. The zero-order valence-corrected chi connectivity index (χ0v) is 11.7. The topological polar surface area (TPSA) is 64.3 Å². The van der Waals surface area contributed by atoms with Crippen LogP contribution in [0.3, 0.4) is 0 Å². The maximum Gasteiger partial charge on any atom is 0.251 e. The molecule has 2 aromatic carbocycles. The number of halogens is 1. The molecule has 0 aromatic heterocycles. The van der Waals surface area contributed by atoms with Gasteiger partial charge in [0, 0.05) is 5.56 Å². The minimum atomic E-state index is -0.533. The van der Waals surface area contributed by atoms with Crippen molar-refractivity contribution in [3.63, 3.8) is 0 Å². The van der Waals surface area contributed by atoms with Crippen LogP contribution in [0.5, 0.6) is 5.75 Å². The van der Waals surface area contributed by atoms with Crippen LogP contribution < -0.4 is 15.8 Å². The third-order valence-corrected chi connectivity index (χ3v) is 2.90. The average molecular weight is 288 g/mol. The first-order valence-corrected chi connectivity index (χ1v) is 6.59. The molecule has 2 rings (SSSR count). The molecule has 0 spiro atoms. The van der Waals surface area contributed by atoms with Gasteiger partial charge in [-0.25, -0.2) is 4.39 Å². The zero-order valence-electron chi connectivity index (χ0n) is 11.7. The standard InChI is InChI=1S/C16H17FN2O2/c1-11-3-2-4-13(9-11)21-8-7-19-16(20)12-5-6-14(17)15(18)10-12/h2-6,9-10H,7-8,18H2,1H3,(H,19,20). The molecule has 21 heavy (non-hydrogen) atoms. The van der Waals surface area contributed by atoms with Crippen molar-refractivity contribution >= 4 is 11.6 Å². The molecule has 0 radical (unpaired) electrons. The van der Waals surface area contributed by atoms with Gasteiger partial charge in [-0.3, -0.25) is 4.79 Å². The molecule has 0 fully saturated rings. The predicted octanol–water partition coefficient (Wildman–Crippen LogP) is 2.53. The minimum Gasteiger partial charge on any atom is -0.492 e. The summed E-state index contributed by atoms with van der Waals surface area (Å²) in [7, 11) is 0. The summed E-state index contributed by atoms with van der Waals surface area (Å²) in [5, 5.41) is 2.69. The van der Waals surface area contributed by atoms with E-state index in [1.807, 2.05) is 31.2 Å². The molecule has 4 nitrogen and oxygen atoms in total. The van der Waals surface area contributed by atoms with Crippen molar-refractivity contribution in [2.45, 2.75) is 6.92 Å². The van der Waals surface area contributed by atoms with E-state index in [1.54, 1.807) is 0 Å². The van der Waals surface area contributed by atoms with Gasteiger partial charge >= 0.3 is 0 Å². The van der Waals surface area contributed by atoms with Gasteiger partial charge in [0.1, 0.15) is 18.2 Å². The van der Waals surface area contributed by atoms with Crippen LogP contribution in [-0.2, 0) is 0 Å². The summed E-state index contributed by atoms with van der Waals surface area (Å²) in [4.78, 5) is 11.8. The summed E-state index contributed by atoms with van der Waals surface area (Å²) in [6, 6.07) is 11.5. The molecule has 110 valence electrons. The Balaban J connectivity index is 1.80. The fourth-order valence-electron chi connectivity index (χ4n) is 1.83. The van der Waals surface area contributed by atoms with Gasteiger partial charge in [0.2, 0.25) is 0 Å². The lowest BCUT2D eigenvalue weighted by Gasteiger charge is -2.08. The first kappa shape index (κ1) is 14.8. The van der Waals surface area contributed by atoms with Crippen molar-refractivity contribution < 1.29 is 13.9 Å². The summed E-state index contributed by atoms with van der Waals surface area (Å²) in [6.07, 6.45) is 0. The van der Waals surface area contributed by atoms with E-state index in [2.05, 4.69) is 5.32 Å². The Labute approximate surface area is 122 Å². The summed E-state index contributed by atoms with van der Waals surface area (Å²) < 4.78 is 18.5. The second-order valence-corrected chi connectivity index (χ2v) is 4.66. The number of hydrogen-bond acceptors (Lipinski definition) is 3. The first-order chi connectivity index (χ1) is 10.1. The van der Waals surface area contributed by atoms with E-state index < -0.39 is 5.82 Å². The van der Waals surface area contributed by atoms with Crippen molar-refractivity contribution in [3.05, 3.63) is 59.4 Å². The number of amides is 1. The molecular formula is C16H17FN2O2. The Kier molecular flexibility index (Phi) is 4.77. The second kappa shape index (κ2) is 6.74. The quantitative estimate of drug-likeness (QED) is 0.656. The molecule has 0 heterocycles. The van der Waals surface area contributed by atoms with Crippen LogP contribution in [0.2, 0.25) is 0 Å². The number of nitrogens with two attached hydrogens (primary N) is 1. The molecule has 0 unspecified atom stereocenters. The molecule has 1 amide bonds. The molecular weight excluding hydrogens is 271 g/mol. The lowest BCUT2D eigenvalue weighted by molar-refractivity contribution is 0.0947.